The van der Waals surface area contributed by atoms with Gasteiger partial charge < -0.3 is 9.80 Å². The van der Waals surface area contributed by atoms with Gasteiger partial charge in [0.2, 0.25) is 10.0 Å². The van der Waals surface area contributed by atoms with E-state index in [4.69, 9.17) is 0 Å². The van der Waals surface area contributed by atoms with E-state index in [-0.39, 0.29) is 11.7 Å². The summed E-state index contributed by atoms with van der Waals surface area (Å²) in [6.45, 7) is 4.92. The Labute approximate surface area is 172 Å². The van der Waals surface area contributed by atoms with Crippen molar-refractivity contribution in [2.45, 2.75) is 33.2 Å². The van der Waals surface area contributed by atoms with Gasteiger partial charge in [-0.2, -0.15) is 0 Å². The van der Waals surface area contributed by atoms with Crippen LogP contribution in [0, 0.1) is 0 Å². The number of amides is 1. The normalized spacial score (nSPS) is 11.3. The largest absolute Gasteiger partial charge is 0.377 e. The minimum Gasteiger partial charge on any atom is -0.377 e. The zero-order chi connectivity index (χ0) is 20.7. The molecule has 0 spiro atoms. The molecular weight excluding hydrogens is 394 g/mol. The molecule has 1 aromatic carbocycles. The molecule has 6 nitrogen and oxygen atoms in total. The average molecular weight is 424 g/mol. The molecule has 0 bridgehead atoms. The molecule has 0 aliphatic heterocycles. The first-order chi connectivity index (χ1) is 13.3. The highest BCUT2D eigenvalue weighted by Crippen LogP contribution is 2.26. The topological polar surface area (TPSA) is 69.7 Å². The van der Waals surface area contributed by atoms with Crippen LogP contribution in [0.25, 0.3) is 0 Å². The maximum Gasteiger partial charge on any atom is 0.264 e. The summed E-state index contributed by atoms with van der Waals surface area (Å²) in [4.78, 5) is 17.4. The van der Waals surface area contributed by atoms with E-state index in [1.807, 2.05) is 67.4 Å². The van der Waals surface area contributed by atoms with Crippen LogP contribution in [0.1, 0.15) is 41.9 Å². The first-order valence-corrected chi connectivity index (χ1v) is 11.9. The van der Waals surface area contributed by atoms with Crippen LogP contribution in [0.5, 0.6) is 0 Å². The molecule has 1 aromatic heterocycles. The minimum absolute atomic E-state index is 0.00137. The Balaban J connectivity index is 2.34. The van der Waals surface area contributed by atoms with Crippen molar-refractivity contribution < 1.29 is 13.2 Å². The molecule has 0 saturated heterocycles. The molecule has 0 atom stereocenters. The number of anilines is 2. The SMILES string of the molecule is CCCN(Cc1cc(NS(=O)(=O)CCC)ccc1N(C)C)C(=O)c1cccs1. The van der Waals surface area contributed by atoms with Gasteiger partial charge in [0, 0.05) is 38.6 Å². The Kier molecular flexibility index (Phi) is 7.88. The molecule has 0 saturated carbocycles. The molecule has 0 fully saturated rings. The number of rotatable bonds is 10. The number of benzene rings is 1. The van der Waals surface area contributed by atoms with E-state index in [1.165, 1.54) is 11.3 Å². The van der Waals surface area contributed by atoms with Gasteiger partial charge in [0.15, 0.2) is 0 Å². The van der Waals surface area contributed by atoms with Gasteiger partial charge >= 0.3 is 0 Å². The Bertz CT molecular complexity index is 878. The molecule has 154 valence electrons. The summed E-state index contributed by atoms with van der Waals surface area (Å²) in [6.07, 6.45) is 1.40. The summed E-state index contributed by atoms with van der Waals surface area (Å²) in [6, 6.07) is 9.18. The van der Waals surface area contributed by atoms with Gasteiger partial charge in [-0.05, 0) is 48.1 Å². The second kappa shape index (κ2) is 9.93. The van der Waals surface area contributed by atoms with Crippen molar-refractivity contribution in [3.05, 3.63) is 46.2 Å². The van der Waals surface area contributed by atoms with Gasteiger partial charge in [-0.25, -0.2) is 8.42 Å². The van der Waals surface area contributed by atoms with Gasteiger partial charge in [-0.15, -0.1) is 11.3 Å². The molecule has 0 unspecified atom stereocenters. The van der Waals surface area contributed by atoms with E-state index in [0.29, 0.717) is 30.1 Å². The predicted molar refractivity (Wildman–Crippen MR) is 118 cm³/mol. The quantitative estimate of drug-likeness (QED) is 0.627. The maximum absolute atomic E-state index is 12.9. The fraction of sp³-hybridized carbons (Fsp3) is 0.450. The van der Waals surface area contributed by atoms with Crippen molar-refractivity contribution >= 4 is 38.6 Å². The maximum atomic E-state index is 12.9. The highest BCUT2D eigenvalue weighted by atomic mass is 32.2. The zero-order valence-electron chi connectivity index (χ0n) is 16.9. The lowest BCUT2D eigenvalue weighted by Crippen LogP contribution is -2.31. The van der Waals surface area contributed by atoms with Crippen molar-refractivity contribution in [2.24, 2.45) is 0 Å². The molecule has 2 rings (SSSR count). The second-order valence-corrected chi connectivity index (χ2v) is 9.65. The zero-order valence-corrected chi connectivity index (χ0v) is 18.6. The van der Waals surface area contributed by atoms with Gasteiger partial charge in [0.1, 0.15) is 0 Å². The van der Waals surface area contributed by atoms with Crippen molar-refractivity contribution in [3.8, 4) is 0 Å². The summed E-state index contributed by atoms with van der Waals surface area (Å²) in [5, 5.41) is 1.89. The van der Waals surface area contributed by atoms with E-state index in [0.717, 1.165) is 17.7 Å². The van der Waals surface area contributed by atoms with Crippen LogP contribution in [0.15, 0.2) is 35.7 Å². The molecule has 0 radical (unpaired) electrons. The number of carbonyl (C=O) groups excluding carboxylic acids is 1. The third-order valence-electron chi connectivity index (χ3n) is 4.18. The number of nitrogens with one attached hydrogen (secondary N) is 1. The third-order valence-corrected chi connectivity index (χ3v) is 6.53. The first kappa shape index (κ1) is 22.2. The summed E-state index contributed by atoms with van der Waals surface area (Å²) >= 11 is 1.43. The van der Waals surface area contributed by atoms with Crippen molar-refractivity contribution in [1.29, 1.82) is 0 Å². The Morgan fingerprint density at radius 2 is 1.89 bits per heavy atom. The van der Waals surface area contributed by atoms with Crippen LogP contribution < -0.4 is 9.62 Å². The second-order valence-electron chi connectivity index (χ2n) is 6.86. The van der Waals surface area contributed by atoms with Gasteiger partial charge in [0.25, 0.3) is 5.91 Å². The summed E-state index contributed by atoms with van der Waals surface area (Å²) in [5.74, 6) is 0.0786. The highest BCUT2D eigenvalue weighted by molar-refractivity contribution is 7.92. The van der Waals surface area contributed by atoms with Gasteiger partial charge in [-0.1, -0.05) is 19.9 Å². The Morgan fingerprint density at radius 3 is 2.46 bits per heavy atom. The lowest BCUT2D eigenvalue weighted by molar-refractivity contribution is 0.0748. The molecule has 28 heavy (non-hydrogen) atoms. The number of sulfonamides is 1. The number of hydrogen-bond acceptors (Lipinski definition) is 5. The van der Waals surface area contributed by atoms with Crippen molar-refractivity contribution in [1.82, 2.24) is 4.90 Å². The van der Waals surface area contributed by atoms with E-state index < -0.39 is 10.0 Å². The molecule has 1 N–H and O–H groups in total. The fourth-order valence-corrected chi connectivity index (χ4v) is 4.81. The Hall–Kier alpha value is -2.06. The Morgan fingerprint density at radius 1 is 1.14 bits per heavy atom. The summed E-state index contributed by atoms with van der Waals surface area (Å²) in [5.41, 5.74) is 2.38. The third kappa shape index (κ3) is 5.97. The number of thiophene rings is 1. The molecule has 0 aliphatic rings. The first-order valence-electron chi connectivity index (χ1n) is 9.41. The van der Waals surface area contributed by atoms with Crippen LogP contribution in [0.4, 0.5) is 11.4 Å². The van der Waals surface area contributed by atoms with Crippen LogP contribution in [0.2, 0.25) is 0 Å². The standard InChI is InChI=1S/C20H29N3O3S2/c1-5-11-23(20(24)19-8-7-12-27-19)15-16-14-17(9-10-18(16)22(3)4)21-28(25,26)13-6-2/h7-10,12,14,21H,5-6,11,13,15H2,1-4H3. The lowest BCUT2D eigenvalue weighted by Gasteiger charge is -2.26. The minimum atomic E-state index is -3.37. The smallest absolute Gasteiger partial charge is 0.264 e. The number of nitrogens with zero attached hydrogens (tertiary/aromatic N) is 2. The molecule has 2 aromatic rings. The fourth-order valence-electron chi connectivity index (χ4n) is 3.00. The van der Waals surface area contributed by atoms with E-state index in [1.54, 1.807) is 6.07 Å². The van der Waals surface area contributed by atoms with Gasteiger partial charge in [-0.3, -0.25) is 9.52 Å². The summed E-state index contributed by atoms with van der Waals surface area (Å²) in [7, 11) is 0.504. The molecule has 0 aliphatic carbocycles. The molecular formula is C20H29N3O3S2. The molecule has 8 heteroatoms. The predicted octanol–water partition coefficient (Wildman–Crippen LogP) is 4.02. The lowest BCUT2D eigenvalue weighted by atomic mass is 10.1. The molecule has 1 heterocycles. The van der Waals surface area contributed by atoms with Crippen LogP contribution in [-0.2, 0) is 16.6 Å². The van der Waals surface area contributed by atoms with E-state index in [9.17, 15) is 13.2 Å². The molecule has 1 amide bonds. The monoisotopic (exact) mass is 423 g/mol. The van der Waals surface area contributed by atoms with Gasteiger partial charge in [0.05, 0.1) is 10.6 Å². The van der Waals surface area contributed by atoms with Crippen LogP contribution in [0.3, 0.4) is 0 Å². The number of hydrogen-bond donors (Lipinski definition) is 1. The highest BCUT2D eigenvalue weighted by Gasteiger charge is 2.19. The average Bonchev–Trinajstić information content (AvgIpc) is 3.14. The van der Waals surface area contributed by atoms with Crippen LogP contribution >= 0.6 is 11.3 Å². The number of carbonyl (C=O) groups is 1. The van der Waals surface area contributed by atoms with E-state index in [2.05, 4.69) is 4.72 Å². The van der Waals surface area contributed by atoms with Crippen LogP contribution in [-0.4, -0.2) is 45.6 Å². The van der Waals surface area contributed by atoms with Crippen molar-refractivity contribution in [3.63, 3.8) is 0 Å². The van der Waals surface area contributed by atoms with Crippen molar-refractivity contribution in [2.75, 3.05) is 36.0 Å². The summed E-state index contributed by atoms with van der Waals surface area (Å²) < 4.78 is 26.9. The van der Waals surface area contributed by atoms with E-state index >= 15 is 0 Å².